The normalized spacial score (nSPS) is 10.4. The Labute approximate surface area is 102 Å². The minimum atomic E-state index is -0.0547. The van der Waals surface area contributed by atoms with Gasteiger partial charge in [-0.1, -0.05) is 30.3 Å². The van der Waals surface area contributed by atoms with E-state index in [0.29, 0.717) is 10.9 Å². The molecule has 82 valence electrons. The van der Waals surface area contributed by atoms with Crippen LogP contribution in [0.3, 0.4) is 0 Å². The number of aromatic nitrogens is 2. The Kier molecular flexibility index (Phi) is 3.19. The van der Waals surface area contributed by atoms with E-state index in [0.717, 1.165) is 11.4 Å². The molecule has 0 spiro atoms. The third kappa shape index (κ3) is 2.22. The Morgan fingerprint density at radius 1 is 1.31 bits per heavy atom. The molecule has 2 aromatic rings. The van der Waals surface area contributed by atoms with Crippen molar-refractivity contribution in [2.45, 2.75) is 6.42 Å². The van der Waals surface area contributed by atoms with Crippen LogP contribution in [0.1, 0.15) is 11.4 Å². The van der Waals surface area contributed by atoms with E-state index >= 15 is 0 Å². The molecule has 0 amide bonds. The predicted octanol–water partition coefficient (Wildman–Crippen LogP) is 2.13. The Bertz CT molecular complexity index is 549. The number of hydrogen-bond donors (Lipinski definition) is 0. The molecule has 0 saturated carbocycles. The van der Waals surface area contributed by atoms with E-state index < -0.39 is 0 Å². The predicted molar refractivity (Wildman–Crippen MR) is 66.4 cm³/mol. The fourth-order valence-electron chi connectivity index (χ4n) is 1.49. The van der Waals surface area contributed by atoms with Crippen LogP contribution in [0.25, 0.3) is 0 Å². The van der Waals surface area contributed by atoms with Gasteiger partial charge in [-0.2, -0.15) is 0 Å². The molecule has 0 aliphatic heterocycles. The van der Waals surface area contributed by atoms with E-state index in [9.17, 15) is 4.79 Å². The Morgan fingerprint density at radius 3 is 2.69 bits per heavy atom. The molecule has 0 fully saturated rings. The summed E-state index contributed by atoms with van der Waals surface area (Å²) in [6, 6.07) is 9.97. The van der Waals surface area contributed by atoms with Gasteiger partial charge < -0.3 is 0 Å². The second-order valence-corrected chi connectivity index (χ2v) is 4.40. The summed E-state index contributed by atoms with van der Waals surface area (Å²) in [4.78, 5) is 15.9. The van der Waals surface area contributed by atoms with E-state index in [1.54, 1.807) is 17.8 Å². The van der Waals surface area contributed by atoms with Gasteiger partial charge in [-0.25, -0.2) is 4.98 Å². The van der Waals surface area contributed by atoms with Crippen LogP contribution in [0.4, 0.5) is 0 Å². The molecule has 3 nitrogen and oxygen atoms in total. The van der Waals surface area contributed by atoms with Gasteiger partial charge in [0, 0.05) is 19.7 Å². The minimum absolute atomic E-state index is 0.0547. The van der Waals surface area contributed by atoms with Crippen molar-refractivity contribution in [3.8, 4) is 0 Å². The van der Waals surface area contributed by atoms with Crippen LogP contribution < -0.4 is 5.56 Å². The molecule has 0 saturated heterocycles. The first-order valence-electron chi connectivity index (χ1n) is 4.93. The van der Waals surface area contributed by atoms with E-state index in [-0.39, 0.29) is 5.56 Å². The van der Waals surface area contributed by atoms with Crippen molar-refractivity contribution < 1.29 is 0 Å². The van der Waals surface area contributed by atoms with E-state index in [1.807, 2.05) is 30.3 Å². The third-order valence-electron chi connectivity index (χ3n) is 2.43. The average molecular weight is 279 g/mol. The summed E-state index contributed by atoms with van der Waals surface area (Å²) in [5.41, 5.74) is 1.09. The van der Waals surface area contributed by atoms with Crippen LogP contribution in [0.15, 0.2) is 45.8 Å². The van der Waals surface area contributed by atoms with Crippen molar-refractivity contribution >= 4 is 15.9 Å². The number of rotatable bonds is 2. The quantitative estimate of drug-likeness (QED) is 0.844. The highest BCUT2D eigenvalue weighted by molar-refractivity contribution is 9.10. The highest BCUT2D eigenvalue weighted by Crippen LogP contribution is 2.07. The van der Waals surface area contributed by atoms with Crippen molar-refractivity contribution in [1.82, 2.24) is 9.55 Å². The Hall–Kier alpha value is -1.42. The number of benzene rings is 1. The standard InChI is InChI=1S/C12H11BrN2O/c1-15-11(14-8-10(13)12(15)16)7-9-5-3-2-4-6-9/h2-6,8H,7H2,1H3. The van der Waals surface area contributed by atoms with E-state index in [1.165, 1.54) is 0 Å². The summed E-state index contributed by atoms with van der Waals surface area (Å²) in [5.74, 6) is 0.763. The molecule has 1 aromatic carbocycles. The summed E-state index contributed by atoms with van der Waals surface area (Å²) < 4.78 is 2.06. The average Bonchev–Trinajstić information content (AvgIpc) is 2.31. The van der Waals surface area contributed by atoms with Crippen molar-refractivity contribution in [3.63, 3.8) is 0 Å². The van der Waals surface area contributed by atoms with Crippen molar-refractivity contribution in [1.29, 1.82) is 0 Å². The number of nitrogens with zero attached hydrogens (tertiary/aromatic N) is 2. The maximum absolute atomic E-state index is 11.7. The fraction of sp³-hybridized carbons (Fsp3) is 0.167. The molecule has 0 aliphatic rings. The third-order valence-corrected chi connectivity index (χ3v) is 2.97. The molecule has 0 radical (unpaired) electrons. The zero-order valence-electron chi connectivity index (χ0n) is 8.85. The molecule has 1 aromatic heterocycles. The lowest BCUT2D eigenvalue weighted by Gasteiger charge is -2.07. The SMILES string of the molecule is Cn1c(Cc2ccccc2)ncc(Br)c1=O. The first-order chi connectivity index (χ1) is 7.68. The Balaban J connectivity index is 2.37. The molecule has 1 heterocycles. The smallest absolute Gasteiger partial charge is 0.267 e. The van der Waals surface area contributed by atoms with Gasteiger partial charge in [0.1, 0.15) is 10.3 Å². The molecule has 4 heteroatoms. The maximum Gasteiger partial charge on any atom is 0.267 e. The first kappa shape index (κ1) is 11.1. The van der Waals surface area contributed by atoms with Gasteiger partial charge in [-0.15, -0.1) is 0 Å². The zero-order valence-corrected chi connectivity index (χ0v) is 10.4. The lowest BCUT2D eigenvalue weighted by Crippen LogP contribution is -2.22. The lowest BCUT2D eigenvalue weighted by molar-refractivity contribution is 0.741. The second-order valence-electron chi connectivity index (χ2n) is 3.55. The highest BCUT2D eigenvalue weighted by atomic mass is 79.9. The highest BCUT2D eigenvalue weighted by Gasteiger charge is 2.05. The summed E-state index contributed by atoms with van der Waals surface area (Å²) >= 11 is 3.17. The van der Waals surface area contributed by atoms with Crippen molar-refractivity contribution in [2.75, 3.05) is 0 Å². The monoisotopic (exact) mass is 278 g/mol. The van der Waals surface area contributed by atoms with E-state index in [4.69, 9.17) is 0 Å². The lowest BCUT2D eigenvalue weighted by atomic mass is 10.1. The summed E-state index contributed by atoms with van der Waals surface area (Å²) in [5, 5.41) is 0. The van der Waals surface area contributed by atoms with Gasteiger partial charge in [0.25, 0.3) is 5.56 Å². The van der Waals surface area contributed by atoms with Gasteiger partial charge in [0.15, 0.2) is 0 Å². The van der Waals surface area contributed by atoms with Crippen LogP contribution in [-0.4, -0.2) is 9.55 Å². The molecular weight excluding hydrogens is 268 g/mol. The largest absolute Gasteiger partial charge is 0.299 e. The molecule has 2 rings (SSSR count). The maximum atomic E-state index is 11.7. The Morgan fingerprint density at radius 2 is 2.00 bits per heavy atom. The van der Waals surface area contributed by atoms with Gasteiger partial charge in [0.05, 0.1) is 0 Å². The van der Waals surface area contributed by atoms with Crippen LogP contribution in [0.5, 0.6) is 0 Å². The van der Waals surface area contributed by atoms with Gasteiger partial charge in [0.2, 0.25) is 0 Å². The van der Waals surface area contributed by atoms with Crippen LogP contribution in [0, 0.1) is 0 Å². The number of halogens is 1. The van der Waals surface area contributed by atoms with Crippen molar-refractivity contribution in [2.24, 2.45) is 7.05 Å². The summed E-state index contributed by atoms with van der Waals surface area (Å²) in [7, 11) is 1.73. The first-order valence-corrected chi connectivity index (χ1v) is 5.72. The van der Waals surface area contributed by atoms with Crippen LogP contribution in [0.2, 0.25) is 0 Å². The fourth-order valence-corrected chi connectivity index (χ4v) is 1.86. The molecule has 0 unspecified atom stereocenters. The van der Waals surface area contributed by atoms with Crippen LogP contribution >= 0.6 is 15.9 Å². The topological polar surface area (TPSA) is 34.9 Å². The zero-order chi connectivity index (χ0) is 11.5. The molecule has 0 N–H and O–H groups in total. The van der Waals surface area contributed by atoms with Crippen LogP contribution in [-0.2, 0) is 13.5 Å². The van der Waals surface area contributed by atoms with E-state index in [2.05, 4.69) is 20.9 Å². The molecule has 16 heavy (non-hydrogen) atoms. The molecular formula is C12H11BrN2O. The second kappa shape index (κ2) is 4.61. The van der Waals surface area contributed by atoms with Gasteiger partial charge in [-0.3, -0.25) is 9.36 Å². The van der Waals surface area contributed by atoms with Gasteiger partial charge in [-0.05, 0) is 21.5 Å². The minimum Gasteiger partial charge on any atom is -0.299 e. The summed E-state index contributed by atoms with van der Waals surface area (Å²) in [6.07, 6.45) is 2.22. The molecule has 0 bridgehead atoms. The summed E-state index contributed by atoms with van der Waals surface area (Å²) in [6.45, 7) is 0. The van der Waals surface area contributed by atoms with Crippen molar-refractivity contribution in [3.05, 3.63) is 62.7 Å². The number of hydrogen-bond acceptors (Lipinski definition) is 2. The van der Waals surface area contributed by atoms with Gasteiger partial charge >= 0.3 is 0 Å². The molecule has 0 aliphatic carbocycles. The molecule has 0 atom stereocenters.